The fraction of sp³-hybridized carbons (Fsp3) is 0.350. The molecule has 0 saturated heterocycles. The van der Waals surface area contributed by atoms with Gasteiger partial charge >= 0.3 is 0 Å². The standard InChI is InChI=1S/C20H18BrN5O/c1-26-6-5-13-14(8-22)19(25)20(10-23,11-24)18(15(13)9-26)12-3-4-17(27-2)16(21)7-12/h3-5,7,15,18H,6,9,25H2,1-2H3/t15-,18-/m1/s1. The molecule has 2 N–H and O–H groups in total. The summed E-state index contributed by atoms with van der Waals surface area (Å²) in [5, 5.41) is 29.7. The molecule has 1 aliphatic carbocycles. The lowest BCUT2D eigenvalue weighted by Crippen LogP contribution is -2.47. The molecular weight excluding hydrogens is 406 g/mol. The van der Waals surface area contributed by atoms with E-state index in [1.807, 2.05) is 25.3 Å². The van der Waals surface area contributed by atoms with Crippen LogP contribution >= 0.6 is 15.9 Å². The number of rotatable bonds is 2. The first-order valence-electron chi connectivity index (χ1n) is 8.38. The molecule has 0 saturated carbocycles. The van der Waals surface area contributed by atoms with Crippen molar-refractivity contribution in [3.63, 3.8) is 0 Å². The highest BCUT2D eigenvalue weighted by Gasteiger charge is 2.54. The average Bonchev–Trinajstić information content (AvgIpc) is 2.67. The van der Waals surface area contributed by atoms with Crippen molar-refractivity contribution < 1.29 is 4.74 Å². The van der Waals surface area contributed by atoms with E-state index in [4.69, 9.17) is 10.5 Å². The van der Waals surface area contributed by atoms with E-state index in [1.165, 1.54) is 0 Å². The van der Waals surface area contributed by atoms with Crippen molar-refractivity contribution in [2.24, 2.45) is 17.1 Å². The Morgan fingerprint density at radius 3 is 2.56 bits per heavy atom. The molecule has 0 amide bonds. The molecule has 1 aliphatic heterocycles. The number of fused-ring (bicyclic) bond motifs is 1. The second kappa shape index (κ2) is 7.08. The van der Waals surface area contributed by atoms with Crippen molar-refractivity contribution in [3.8, 4) is 24.0 Å². The SMILES string of the molecule is COc1ccc([C@@H]2[C@@H]3CN(C)CC=C3C(C#N)=C(N)C2(C#N)C#N)cc1Br. The molecule has 2 aliphatic rings. The van der Waals surface area contributed by atoms with Crippen molar-refractivity contribution in [2.45, 2.75) is 5.92 Å². The summed E-state index contributed by atoms with van der Waals surface area (Å²) >= 11 is 3.48. The second-order valence-corrected chi connectivity index (χ2v) is 7.65. The monoisotopic (exact) mass is 423 g/mol. The van der Waals surface area contributed by atoms with E-state index in [1.54, 1.807) is 13.2 Å². The zero-order chi connectivity index (χ0) is 19.8. The molecular formula is C20H18BrN5O. The summed E-state index contributed by atoms with van der Waals surface area (Å²) < 4.78 is 6.03. The summed E-state index contributed by atoms with van der Waals surface area (Å²) in [6, 6.07) is 11.9. The van der Waals surface area contributed by atoms with Gasteiger partial charge < -0.3 is 15.4 Å². The van der Waals surface area contributed by atoms with Gasteiger partial charge in [0, 0.05) is 24.9 Å². The predicted molar refractivity (Wildman–Crippen MR) is 103 cm³/mol. The van der Waals surface area contributed by atoms with Gasteiger partial charge in [-0.05, 0) is 46.2 Å². The molecule has 136 valence electrons. The van der Waals surface area contributed by atoms with Gasteiger partial charge in [-0.1, -0.05) is 12.1 Å². The van der Waals surface area contributed by atoms with Gasteiger partial charge in [0.1, 0.15) is 11.8 Å². The molecule has 1 aromatic rings. The Kier molecular flexibility index (Phi) is 4.98. The fourth-order valence-electron chi connectivity index (χ4n) is 4.08. The first-order chi connectivity index (χ1) is 12.9. The third-order valence-electron chi connectivity index (χ3n) is 5.38. The van der Waals surface area contributed by atoms with E-state index < -0.39 is 11.3 Å². The smallest absolute Gasteiger partial charge is 0.191 e. The molecule has 7 heteroatoms. The summed E-state index contributed by atoms with van der Waals surface area (Å²) in [6.45, 7) is 1.32. The lowest BCUT2D eigenvalue weighted by molar-refractivity contribution is 0.237. The van der Waals surface area contributed by atoms with Crippen molar-refractivity contribution >= 4 is 15.9 Å². The topological polar surface area (TPSA) is 110 Å². The van der Waals surface area contributed by atoms with Crippen LogP contribution in [0.1, 0.15) is 11.5 Å². The molecule has 0 aromatic heterocycles. The van der Waals surface area contributed by atoms with Gasteiger partial charge in [-0.15, -0.1) is 0 Å². The van der Waals surface area contributed by atoms with Crippen LogP contribution in [0.2, 0.25) is 0 Å². The zero-order valence-corrected chi connectivity index (χ0v) is 16.6. The van der Waals surface area contributed by atoms with E-state index in [-0.39, 0.29) is 17.2 Å². The number of nitriles is 3. The number of methoxy groups -OCH3 is 1. The van der Waals surface area contributed by atoms with Gasteiger partial charge in [0.2, 0.25) is 0 Å². The highest BCUT2D eigenvalue weighted by Crippen LogP contribution is 2.54. The minimum Gasteiger partial charge on any atom is -0.496 e. The van der Waals surface area contributed by atoms with Gasteiger partial charge in [0.15, 0.2) is 5.41 Å². The summed E-state index contributed by atoms with van der Waals surface area (Å²) in [6.07, 6.45) is 1.98. The maximum Gasteiger partial charge on any atom is 0.191 e. The molecule has 6 nitrogen and oxygen atoms in total. The van der Waals surface area contributed by atoms with Gasteiger partial charge in [0.05, 0.1) is 35.0 Å². The summed E-state index contributed by atoms with van der Waals surface area (Å²) in [4.78, 5) is 2.11. The Morgan fingerprint density at radius 2 is 2.00 bits per heavy atom. The highest BCUT2D eigenvalue weighted by molar-refractivity contribution is 9.10. The lowest BCUT2D eigenvalue weighted by Gasteiger charge is -2.45. The normalized spacial score (nSPS) is 24.1. The Morgan fingerprint density at radius 1 is 1.30 bits per heavy atom. The van der Waals surface area contributed by atoms with Crippen LogP contribution < -0.4 is 10.5 Å². The van der Waals surface area contributed by atoms with E-state index in [0.29, 0.717) is 18.8 Å². The van der Waals surface area contributed by atoms with E-state index >= 15 is 0 Å². The Labute approximate surface area is 166 Å². The number of hydrogen-bond acceptors (Lipinski definition) is 6. The maximum absolute atomic E-state index is 10.0. The fourth-order valence-corrected chi connectivity index (χ4v) is 4.63. The van der Waals surface area contributed by atoms with Crippen LogP contribution in [-0.4, -0.2) is 32.1 Å². The van der Waals surface area contributed by atoms with Crippen molar-refractivity contribution in [3.05, 3.63) is 51.2 Å². The number of halogens is 1. The Bertz CT molecular complexity index is 962. The molecule has 0 spiro atoms. The second-order valence-electron chi connectivity index (χ2n) is 6.79. The van der Waals surface area contributed by atoms with Gasteiger partial charge in [-0.2, -0.15) is 15.8 Å². The highest BCUT2D eigenvalue weighted by atomic mass is 79.9. The number of hydrogen-bond donors (Lipinski definition) is 1. The molecule has 1 heterocycles. The number of ether oxygens (including phenoxy) is 1. The minimum absolute atomic E-state index is 0.0407. The third-order valence-corrected chi connectivity index (χ3v) is 6.00. The van der Waals surface area contributed by atoms with Crippen LogP contribution in [0.15, 0.2) is 45.6 Å². The number of nitrogens with two attached hydrogens (primary N) is 1. The molecule has 0 radical (unpaired) electrons. The van der Waals surface area contributed by atoms with Gasteiger partial charge in [0.25, 0.3) is 0 Å². The largest absolute Gasteiger partial charge is 0.496 e. The van der Waals surface area contributed by atoms with E-state index in [2.05, 4.69) is 39.0 Å². The van der Waals surface area contributed by atoms with Crippen LogP contribution in [0.25, 0.3) is 0 Å². The number of nitrogens with zero attached hydrogens (tertiary/aromatic N) is 4. The van der Waals surface area contributed by atoms with Crippen LogP contribution in [-0.2, 0) is 0 Å². The molecule has 27 heavy (non-hydrogen) atoms. The summed E-state index contributed by atoms with van der Waals surface area (Å²) in [5.74, 6) is -0.0297. The third kappa shape index (κ3) is 2.79. The molecule has 0 fully saturated rings. The predicted octanol–water partition coefficient (Wildman–Crippen LogP) is 2.81. The number of benzene rings is 1. The van der Waals surface area contributed by atoms with Crippen molar-refractivity contribution in [1.82, 2.24) is 4.90 Å². The van der Waals surface area contributed by atoms with Crippen LogP contribution in [0.5, 0.6) is 5.75 Å². The summed E-state index contributed by atoms with van der Waals surface area (Å²) in [5.41, 5.74) is 6.60. The molecule has 1 aromatic carbocycles. The first-order valence-corrected chi connectivity index (χ1v) is 9.18. The van der Waals surface area contributed by atoms with E-state index in [9.17, 15) is 15.8 Å². The first kappa shape index (κ1) is 19.0. The zero-order valence-electron chi connectivity index (χ0n) is 15.0. The Balaban J connectivity index is 2.31. The molecule has 3 rings (SSSR count). The lowest BCUT2D eigenvalue weighted by atomic mass is 9.58. The Hall–Kier alpha value is -2.79. The quantitative estimate of drug-likeness (QED) is 0.782. The van der Waals surface area contributed by atoms with Crippen molar-refractivity contribution in [1.29, 1.82) is 15.8 Å². The minimum atomic E-state index is -1.61. The maximum atomic E-state index is 10.0. The average molecular weight is 424 g/mol. The van der Waals surface area contributed by atoms with Crippen molar-refractivity contribution in [2.75, 3.05) is 27.2 Å². The van der Waals surface area contributed by atoms with Gasteiger partial charge in [-0.3, -0.25) is 0 Å². The molecule has 0 unspecified atom stereocenters. The van der Waals surface area contributed by atoms with Crippen LogP contribution in [0, 0.1) is 45.3 Å². The van der Waals surface area contributed by atoms with Gasteiger partial charge in [-0.25, -0.2) is 0 Å². The summed E-state index contributed by atoms with van der Waals surface area (Å²) in [7, 11) is 3.55. The van der Waals surface area contributed by atoms with Crippen LogP contribution in [0.3, 0.4) is 0 Å². The van der Waals surface area contributed by atoms with E-state index in [0.717, 1.165) is 15.6 Å². The number of likely N-dealkylation sites (N-methyl/N-ethyl adjacent to an activating group) is 1. The molecule has 0 bridgehead atoms. The van der Waals surface area contributed by atoms with Crippen LogP contribution in [0.4, 0.5) is 0 Å². The number of allylic oxidation sites excluding steroid dienone is 2. The molecule has 2 atom stereocenters.